The molecule has 1 atom stereocenters. The maximum Gasteiger partial charge on any atom is 0.251 e. The zero-order chi connectivity index (χ0) is 17.4. The van der Waals surface area contributed by atoms with Crippen molar-refractivity contribution in [3.05, 3.63) is 34.3 Å². The van der Waals surface area contributed by atoms with Crippen molar-refractivity contribution in [2.24, 2.45) is 10.9 Å². The average Bonchev–Trinajstić information content (AvgIpc) is 2.58. The molecule has 1 aromatic carbocycles. The second kappa shape index (κ2) is 9.67. The van der Waals surface area contributed by atoms with Gasteiger partial charge in [-0.05, 0) is 49.4 Å². The summed E-state index contributed by atoms with van der Waals surface area (Å²) in [5.41, 5.74) is 0.685. The van der Waals surface area contributed by atoms with E-state index in [1.807, 2.05) is 31.3 Å². The number of nitrogens with zero attached hydrogens (tertiary/aromatic N) is 2. The molecule has 132 valence electrons. The lowest BCUT2D eigenvalue weighted by Crippen LogP contribution is -2.46. The van der Waals surface area contributed by atoms with Crippen LogP contribution < -0.4 is 10.6 Å². The van der Waals surface area contributed by atoms with Crippen LogP contribution in [0.2, 0.25) is 0 Å². The Hall–Kier alpha value is -1.56. The van der Waals surface area contributed by atoms with E-state index in [-0.39, 0.29) is 5.91 Å². The lowest BCUT2D eigenvalue weighted by atomic mass is 10.0. The topological polar surface area (TPSA) is 56.7 Å². The fourth-order valence-electron chi connectivity index (χ4n) is 2.91. The van der Waals surface area contributed by atoms with Crippen LogP contribution in [0.5, 0.6) is 0 Å². The molecule has 24 heavy (non-hydrogen) atoms. The molecule has 1 aliphatic heterocycles. The number of piperidine rings is 1. The smallest absolute Gasteiger partial charge is 0.251 e. The van der Waals surface area contributed by atoms with E-state index >= 15 is 0 Å². The molecule has 0 spiro atoms. The van der Waals surface area contributed by atoms with E-state index in [0.717, 1.165) is 42.4 Å². The summed E-state index contributed by atoms with van der Waals surface area (Å²) < 4.78 is 0.974. The Balaban J connectivity index is 1.66. The molecule has 1 heterocycles. The predicted molar refractivity (Wildman–Crippen MR) is 102 cm³/mol. The second-order valence-corrected chi connectivity index (χ2v) is 7.20. The van der Waals surface area contributed by atoms with E-state index in [1.165, 1.54) is 12.8 Å². The van der Waals surface area contributed by atoms with E-state index in [2.05, 4.69) is 43.4 Å². The summed E-state index contributed by atoms with van der Waals surface area (Å²) in [7, 11) is 1.83. The highest BCUT2D eigenvalue weighted by Crippen LogP contribution is 2.15. The summed E-state index contributed by atoms with van der Waals surface area (Å²) in [6, 6.07) is 7.38. The molecule has 1 unspecified atom stereocenters. The van der Waals surface area contributed by atoms with E-state index < -0.39 is 0 Å². The van der Waals surface area contributed by atoms with Crippen molar-refractivity contribution >= 4 is 27.8 Å². The monoisotopic (exact) mass is 394 g/mol. The van der Waals surface area contributed by atoms with Crippen LogP contribution in [0, 0.1) is 5.92 Å². The molecular weight excluding hydrogens is 368 g/mol. The van der Waals surface area contributed by atoms with Gasteiger partial charge in [-0.1, -0.05) is 22.9 Å². The lowest BCUT2D eigenvalue weighted by molar-refractivity contribution is 0.0953. The van der Waals surface area contributed by atoms with Crippen molar-refractivity contribution in [1.82, 2.24) is 15.5 Å². The summed E-state index contributed by atoms with van der Waals surface area (Å²) in [6.07, 6.45) is 3.39. The maximum atomic E-state index is 12.0. The number of halogens is 1. The van der Waals surface area contributed by atoms with Gasteiger partial charge in [0.05, 0.1) is 0 Å². The molecule has 0 radical (unpaired) electrons. The first-order chi connectivity index (χ1) is 11.6. The molecule has 1 aromatic rings. The van der Waals surface area contributed by atoms with Gasteiger partial charge in [0.25, 0.3) is 5.91 Å². The molecule has 1 fully saturated rings. The third kappa shape index (κ3) is 5.82. The maximum absolute atomic E-state index is 12.0. The van der Waals surface area contributed by atoms with E-state index in [1.54, 1.807) is 0 Å². The highest BCUT2D eigenvalue weighted by atomic mass is 79.9. The molecule has 6 heteroatoms. The van der Waals surface area contributed by atoms with Crippen molar-refractivity contribution in [2.75, 3.05) is 33.2 Å². The number of amides is 1. The molecule has 1 saturated heterocycles. The predicted octanol–water partition coefficient (Wildman–Crippen LogP) is 2.88. The number of nitrogens with one attached hydrogen (secondary N) is 2. The van der Waals surface area contributed by atoms with Gasteiger partial charge in [-0.2, -0.15) is 0 Å². The molecule has 5 nitrogen and oxygen atoms in total. The van der Waals surface area contributed by atoms with Crippen LogP contribution in [-0.4, -0.2) is 50.0 Å². The number of hydrogen-bond donors (Lipinski definition) is 2. The third-order valence-electron chi connectivity index (χ3n) is 4.20. The van der Waals surface area contributed by atoms with Crippen LogP contribution in [0.1, 0.15) is 36.5 Å². The Morgan fingerprint density at radius 1 is 1.29 bits per heavy atom. The minimum absolute atomic E-state index is 0.0308. The SMILES string of the molecule is CN=C(NCCCNC(=O)c1ccc(Br)cc1)N1CCCC(C)C1. The number of likely N-dealkylation sites (tertiary alicyclic amines) is 1. The number of aliphatic imine (C=N–C) groups is 1. The van der Waals surface area contributed by atoms with E-state index in [0.29, 0.717) is 12.1 Å². The van der Waals surface area contributed by atoms with Crippen molar-refractivity contribution in [1.29, 1.82) is 0 Å². The summed E-state index contributed by atoms with van der Waals surface area (Å²) >= 11 is 3.37. The molecule has 0 bridgehead atoms. The van der Waals surface area contributed by atoms with Gasteiger partial charge in [-0.3, -0.25) is 9.79 Å². The van der Waals surface area contributed by atoms with Crippen LogP contribution in [0.3, 0.4) is 0 Å². The van der Waals surface area contributed by atoms with Gasteiger partial charge in [-0.25, -0.2) is 0 Å². The number of guanidine groups is 1. The van der Waals surface area contributed by atoms with Gasteiger partial charge < -0.3 is 15.5 Å². The van der Waals surface area contributed by atoms with Gasteiger partial charge in [0.1, 0.15) is 0 Å². The standard InChI is InChI=1S/C18H27BrN4O/c1-14-5-3-12-23(13-14)18(20-2)22-11-4-10-21-17(24)15-6-8-16(19)9-7-15/h6-9,14H,3-5,10-13H2,1-2H3,(H,20,22)(H,21,24). The first-order valence-electron chi connectivity index (χ1n) is 8.59. The van der Waals surface area contributed by atoms with Gasteiger partial charge in [0.2, 0.25) is 0 Å². The van der Waals surface area contributed by atoms with Crippen LogP contribution in [0.15, 0.2) is 33.7 Å². The van der Waals surface area contributed by atoms with Crippen molar-refractivity contribution in [2.45, 2.75) is 26.2 Å². The lowest BCUT2D eigenvalue weighted by Gasteiger charge is -2.33. The van der Waals surface area contributed by atoms with Gasteiger partial charge in [-0.15, -0.1) is 0 Å². The number of carbonyl (C=O) groups is 1. The zero-order valence-corrected chi connectivity index (χ0v) is 16.1. The highest BCUT2D eigenvalue weighted by Gasteiger charge is 2.18. The Morgan fingerprint density at radius 2 is 2.00 bits per heavy atom. The molecule has 2 N–H and O–H groups in total. The van der Waals surface area contributed by atoms with Crippen molar-refractivity contribution in [3.63, 3.8) is 0 Å². The van der Waals surface area contributed by atoms with Crippen LogP contribution in [0.25, 0.3) is 0 Å². The minimum atomic E-state index is -0.0308. The fourth-order valence-corrected chi connectivity index (χ4v) is 3.17. The van der Waals surface area contributed by atoms with Gasteiger partial charge >= 0.3 is 0 Å². The van der Waals surface area contributed by atoms with Gasteiger partial charge in [0, 0.05) is 43.3 Å². The molecule has 0 saturated carbocycles. The molecule has 1 amide bonds. The Bertz CT molecular complexity index is 559. The molecule has 0 aliphatic carbocycles. The number of hydrogen-bond acceptors (Lipinski definition) is 2. The molecule has 2 rings (SSSR count). The summed E-state index contributed by atoms with van der Waals surface area (Å²) in [5.74, 6) is 1.67. The highest BCUT2D eigenvalue weighted by molar-refractivity contribution is 9.10. The average molecular weight is 395 g/mol. The van der Waals surface area contributed by atoms with Crippen molar-refractivity contribution < 1.29 is 4.79 Å². The number of carbonyl (C=O) groups excluding carboxylic acids is 1. The zero-order valence-electron chi connectivity index (χ0n) is 14.5. The Kier molecular flexibility index (Phi) is 7.56. The van der Waals surface area contributed by atoms with E-state index in [4.69, 9.17) is 0 Å². The number of benzene rings is 1. The fraction of sp³-hybridized carbons (Fsp3) is 0.556. The minimum Gasteiger partial charge on any atom is -0.356 e. The third-order valence-corrected chi connectivity index (χ3v) is 4.73. The van der Waals surface area contributed by atoms with Crippen LogP contribution in [-0.2, 0) is 0 Å². The Labute approximate surface area is 153 Å². The van der Waals surface area contributed by atoms with E-state index in [9.17, 15) is 4.79 Å². The number of rotatable bonds is 5. The normalized spacial score (nSPS) is 18.4. The molecule has 0 aromatic heterocycles. The van der Waals surface area contributed by atoms with Crippen LogP contribution >= 0.6 is 15.9 Å². The summed E-state index contributed by atoms with van der Waals surface area (Å²) in [4.78, 5) is 18.7. The largest absolute Gasteiger partial charge is 0.356 e. The first kappa shape index (κ1) is 18.8. The summed E-state index contributed by atoms with van der Waals surface area (Å²) in [5, 5.41) is 6.35. The molecule has 1 aliphatic rings. The Morgan fingerprint density at radius 3 is 2.67 bits per heavy atom. The van der Waals surface area contributed by atoms with Crippen LogP contribution in [0.4, 0.5) is 0 Å². The van der Waals surface area contributed by atoms with Gasteiger partial charge in [0.15, 0.2) is 5.96 Å². The quantitative estimate of drug-likeness (QED) is 0.458. The second-order valence-electron chi connectivity index (χ2n) is 6.28. The first-order valence-corrected chi connectivity index (χ1v) is 9.39. The summed E-state index contributed by atoms with van der Waals surface area (Å²) in [6.45, 7) is 5.88. The molecular formula is C18H27BrN4O. The van der Waals surface area contributed by atoms with Crippen molar-refractivity contribution in [3.8, 4) is 0 Å².